The highest BCUT2D eigenvalue weighted by molar-refractivity contribution is 5.82. The average molecular weight is 298 g/mol. The predicted octanol–water partition coefficient (Wildman–Crippen LogP) is 1.70. The van der Waals surface area contributed by atoms with Gasteiger partial charge in [0.1, 0.15) is 6.04 Å². The molecule has 2 aliphatic rings. The molecule has 0 aromatic heterocycles. The van der Waals surface area contributed by atoms with E-state index in [1.54, 1.807) is 0 Å². The molecule has 2 fully saturated rings. The molecular formula is C15H26N2O4. The first-order chi connectivity index (χ1) is 10.0. The van der Waals surface area contributed by atoms with Gasteiger partial charge in [-0.25, -0.2) is 9.59 Å². The molecule has 2 aliphatic heterocycles. The lowest BCUT2D eigenvalue weighted by Crippen LogP contribution is -2.54. The maximum atomic E-state index is 12.3. The molecule has 21 heavy (non-hydrogen) atoms. The molecular weight excluding hydrogens is 272 g/mol. The fraction of sp³-hybridized carbons (Fsp3) is 0.867. The van der Waals surface area contributed by atoms with Crippen molar-refractivity contribution in [1.29, 1.82) is 0 Å². The number of hydrogen-bond donors (Lipinski definition) is 2. The third kappa shape index (κ3) is 3.87. The van der Waals surface area contributed by atoms with Gasteiger partial charge in [-0.15, -0.1) is 0 Å². The van der Waals surface area contributed by atoms with Crippen LogP contribution < -0.4 is 5.32 Å². The maximum Gasteiger partial charge on any atom is 0.326 e. The number of ether oxygens (including phenoxy) is 1. The zero-order valence-electron chi connectivity index (χ0n) is 12.9. The molecule has 2 heterocycles. The van der Waals surface area contributed by atoms with Crippen LogP contribution in [-0.2, 0) is 9.53 Å². The summed E-state index contributed by atoms with van der Waals surface area (Å²) in [5.74, 6) is -0.221. The van der Waals surface area contributed by atoms with Crippen molar-refractivity contribution in [3.05, 3.63) is 0 Å². The van der Waals surface area contributed by atoms with Crippen molar-refractivity contribution >= 4 is 12.0 Å². The fourth-order valence-corrected chi connectivity index (χ4v) is 3.32. The molecule has 6 heteroatoms. The number of carboxylic acid groups (broad SMARTS) is 1. The van der Waals surface area contributed by atoms with Crippen LogP contribution >= 0.6 is 0 Å². The third-order valence-electron chi connectivity index (χ3n) is 4.67. The molecule has 0 aromatic rings. The van der Waals surface area contributed by atoms with E-state index in [0.717, 1.165) is 25.9 Å². The zero-order valence-corrected chi connectivity index (χ0v) is 12.9. The topological polar surface area (TPSA) is 78.9 Å². The third-order valence-corrected chi connectivity index (χ3v) is 4.67. The quantitative estimate of drug-likeness (QED) is 0.828. The first-order valence-electron chi connectivity index (χ1n) is 7.91. The van der Waals surface area contributed by atoms with Gasteiger partial charge in [-0.1, -0.05) is 13.8 Å². The number of carboxylic acids is 1. The molecule has 0 saturated carbocycles. The number of amides is 2. The Morgan fingerprint density at radius 1 is 1.38 bits per heavy atom. The number of likely N-dealkylation sites (tertiary alicyclic amines) is 1. The van der Waals surface area contributed by atoms with Crippen LogP contribution in [0.3, 0.4) is 0 Å². The van der Waals surface area contributed by atoms with Gasteiger partial charge in [0, 0.05) is 25.6 Å². The van der Waals surface area contributed by atoms with Gasteiger partial charge in [-0.3, -0.25) is 0 Å². The molecule has 6 nitrogen and oxygen atoms in total. The van der Waals surface area contributed by atoms with Gasteiger partial charge < -0.3 is 20.1 Å². The standard InChI is InChI=1S/C15H26N2O4/c1-3-13-11(5-7-21-13)9-16-15(20)17-6-4-10(2)8-12(17)14(18)19/h10-13H,3-9H2,1-2H3,(H,16,20)(H,18,19). The van der Waals surface area contributed by atoms with Gasteiger partial charge in [0.15, 0.2) is 0 Å². The first kappa shape index (κ1) is 16.1. The van der Waals surface area contributed by atoms with E-state index in [9.17, 15) is 14.7 Å². The van der Waals surface area contributed by atoms with Gasteiger partial charge in [0.25, 0.3) is 0 Å². The summed E-state index contributed by atoms with van der Waals surface area (Å²) < 4.78 is 5.61. The van der Waals surface area contributed by atoms with Gasteiger partial charge in [-0.05, 0) is 31.6 Å². The van der Waals surface area contributed by atoms with E-state index in [1.807, 2.05) is 6.92 Å². The second-order valence-corrected chi connectivity index (χ2v) is 6.23. The van der Waals surface area contributed by atoms with Gasteiger partial charge >= 0.3 is 12.0 Å². The van der Waals surface area contributed by atoms with Gasteiger partial charge in [-0.2, -0.15) is 0 Å². The molecule has 2 saturated heterocycles. The second kappa shape index (κ2) is 7.11. The largest absolute Gasteiger partial charge is 0.480 e. The Balaban J connectivity index is 1.88. The SMILES string of the molecule is CCC1OCCC1CNC(=O)N1CCC(C)CC1C(=O)O. The normalized spacial score (nSPS) is 33.0. The van der Waals surface area contributed by atoms with Crippen molar-refractivity contribution < 1.29 is 19.4 Å². The van der Waals surface area contributed by atoms with Crippen LogP contribution in [0.25, 0.3) is 0 Å². The summed E-state index contributed by atoms with van der Waals surface area (Å²) in [6.07, 6.45) is 3.51. The summed E-state index contributed by atoms with van der Waals surface area (Å²) in [6, 6.07) is -0.952. The number of piperidine rings is 1. The number of rotatable bonds is 4. The number of nitrogens with zero attached hydrogens (tertiary/aromatic N) is 1. The van der Waals surface area contributed by atoms with Crippen LogP contribution in [0.2, 0.25) is 0 Å². The molecule has 2 amide bonds. The van der Waals surface area contributed by atoms with E-state index in [4.69, 9.17) is 4.74 Å². The van der Waals surface area contributed by atoms with Crippen LogP contribution in [0.1, 0.15) is 39.5 Å². The zero-order chi connectivity index (χ0) is 15.4. The lowest BCUT2D eigenvalue weighted by Gasteiger charge is -2.36. The maximum absolute atomic E-state index is 12.3. The summed E-state index contributed by atoms with van der Waals surface area (Å²) >= 11 is 0. The summed E-state index contributed by atoms with van der Waals surface area (Å²) in [4.78, 5) is 25.1. The van der Waals surface area contributed by atoms with Crippen molar-refractivity contribution in [2.75, 3.05) is 19.7 Å². The van der Waals surface area contributed by atoms with Crippen molar-refractivity contribution in [1.82, 2.24) is 10.2 Å². The first-order valence-corrected chi connectivity index (χ1v) is 7.91. The van der Waals surface area contributed by atoms with E-state index in [1.165, 1.54) is 4.90 Å². The van der Waals surface area contributed by atoms with Gasteiger partial charge in [0.2, 0.25) is 0 Å². The van der Waals surface area contributed by atoms with E-state index in [0.29, 0.717) is 31.3 Å². The van der Waals surface area contributed by atoms with Crippen molar-refractivity contribution in [2.24, 2.45) is 11.8 Å². The molecule has 0 spiro atoms. The summed E-state index contributed by atoms with van der Waals surface area (Å²) in [5, 5.41) is 12.2. The molecule has 4 unspecified atom stereocenters. The Bertz CT molecular complexity index is 388. The van der Waals surface area contributed by atoms with Crippen molar-refractivity contribution in [3.8, 4) is 0 Å². The number of nitrogens with one attached hydrogen (secondary N) is 1. The van der Waals surface area contributed by atoms with E-state index in [-0.39, 0.29) is 12.1 Å². The van der Waals surface area contributed by atoms with E-state index < -0.39 is 12.0 Å². The van der Waals surface area contributed by atoms with Crippen LogP contribution in [-0.4, -0.2) is 53.8 Å². The van der Waals surface area contributed by atoms with Crippen LogP contribution in [0.4, 0.5) is 4.79 Å². The molecule has 4 atom stereocenters. The Labute approximate surface area is 125 Å². The van der Waals surface area contributed by atoms with Gasteiger partial charge in [0.05, 0.1) is 6.10 Å². The monoisotopic (exact) mass is 298 g/mol. The summed E-state index contributed by atoms with van der Waals surface area (Å²) in [5.41, 5.74) is 0. The molecule has 0 aromatic carbocycles. The Morgan fingerprint density at radius 3 is 2.81 bits per heavy atom. The number of urea groups is 1. The lowest BCUT2D eigenvalue weighted by molar-refractivity contribution is -0.143. The summed E-state index contributed by atoms with van der Waals surface area (Å²) in [6.45, 7) is 5.94. The molecule has 0 aliphatic carbocycles. The minimum Gasteiger partial charge on any atom is -0.480 e. The Kier molecular flexibility index (Phi) is 5.45. The average Bonchev–Trinajstić information content (AvgIpc) is 2.92. The van der Waals surface area contributed by atoms with Crippen LogP contribution in [0.15, 0.2) is 0 Å². The number of hydrogen-bond acceptors (Lipinski definition) is 3. The Morgan fingerprint density at radius 2 is 2.14 bits per heavy atom. The molecule has 2 N–H and O–H groups in total. The molecule has 0 bridgehead atoms. The highest BCUT2D eigenvalue weighted by Gasteiger charge is 2.35. The minimum atomic E-state index is -0.910. The number of carbonyl (C=O) groups is 2. The smallest absolute Gasteiger partial charge is 0.326 e. The predicted molar refractivity (Wildman–Crippen MR) is 78.1 cm³/mol. The molecule has 2 rings (SSSR count). The van der Waals surface area contributed by atoms with Crippen LogP contribution in [0, 0.1) is 11.8 Å². The highest BCUT2D eigenvalue weighted by Crippen LogP contribution is 2.24. The van der Waals surface area contributed by atoms with Crippen LogP contribution in [0.5, 0.6) is 0 Å². The highest BCUT2D eigenvalue weighted by atomic mass is 16.5. The lowest BCUT2D eigenvalue weighted by atomic mass is 9.92. The number of carbonyl (C=O) groups excluding carboxylic acids is 1. The van der Waals surface area contributed by atoms with E-state index in [2.05, 4.69) is 12.2 Å². The summed E-state index contributed by atoms with van der Waals surface area (Å²) in [7, 11) is 0. The second-order valence-electron chi connectivity index (χ2n) is 6.23. The van der Waals surface area contributed by atoms with E-state index >= 15 is 0 Å². The van der Waals surface area contributed by atoms with Crippen molar-refractivity contribution in [3.63, 3.8) is 0 Å². The minimum absolute atomic E-state index is 0.210. The fourth-order valence-electron chi connectivity index (χ4n) is 3.32. The Hall–Kier alpha value is -1.30. The molecule has 0 radical (unpaired) electrons. The van der Waals surface area contributed by atoms with Crippen molar-refractivity contribution in [2.45, 2.75) is 51.7 Å². The number of aliphatic carboxylic acids is 1. The molecule has 120 valence electrons.